The van der Waals surface area contributed by atoms with Crippen molar-refractivity contribution in [2.24, 2.45) is 0 Å². The van der Waals surface area contributed by atoms with E-state index in [0.29, 0.717) is 12.1 Å². The Morgan fingerprint density at radius 2 is 2.10 bits per heavy atom. The van der Waals surface area contributed by atoms with Crippen LogP contribution in [0.3, 0.4) is 0 Å². The Morgan fingerprint density at radius 3 is 2.71 bits per heavy atom. The zero-order valence-corrected chi connectivity index (χ0v) is 12.0. The third-order valence-corrected chi connectivity index (χ3v) is 2.98. The highest BCUT2D eigenvalue weighted by Crippen LogP contribution is 2.12. The minimum Gasteiger partial charge on any atom is -0.355 e. The van der Waals surface area contributed by atoms with Gasteiger partial charge in [0.25, 0.3) is 5.91 Å². The Bertz CT molecular complexity index is 595. The van der Waals surface area contributed by atoms with Gasteiger partial charge in [0.2, 0.25) is 0 Å². The smallest absolute Gasteiger partial charge is 0.253 e. The number of rotatable bonds is 6. The average molecular weight is 282 g/mol. The van der Waals surface area contributed by atoms with Crippen molar-refractivity contribution in [3.63, 3.8) is 0 Å². The van der Waals surface area contributed by atoms with Crippen LogP contribution in [-0.4, -0.2) is 29.5 Å². The van der Waals surface area contributed by atoms with Crippen LogP contribution in [0, 0.1) is 0 Å². The van der Waals surface area contributed by atoms with Gasteiger partial charge in [-0.15, -0.1) is 6.58 Å². The average Bonchev–Trinajstić information content (AvgIpc) is 2.53. The lowest BCUT2D eigenvalue weighted by molar-refractivity contribution is 0.0957. The molecular weight excluding hydrogens is 264 g/mol. The van der Waals surface area contributed by atoms with E-state index in [1.165, 1.54) is 0 Å². The number of hydrogen-bond donors (Lipinski definition) is 1. The van der Waals surface area contributed by atoms with Gasteiger partial charge in [0, 0.05) is 38.7 Å². The van der Waals surface area contributed by atoms with Crippen LogP contribution in [0.1, 0.15) is 15.9 Å². The highest BCUT2D eigenvalue weighted by atomic mass is 16.1. The topological polar surface area (TPSA) is 58.1 Å². The molecule has 0 radical (unpaired) electrons. The third kappa shape index (κ3) is 4.14. The van der Waals surface area contributed by atoms with Crippen molar-refractivity contribution in [3.8, 4) is 0 Å². The molecule has 0 saturated carbocycles. The molecule has 2 heterocycles. The second-order valence-corrected chi connectivity index (χ2v) is 4.62. The van der Waals surface area contributed by atoms with E-state index in [1.54, 1.807) is 30.7 Å². The molecule has 21 heavy (non-hydrogen) atoms. The predicted molar refractivity (Wildman–Crippen MR) is 83.1 cm³/mol. The van der Waals surface area contributed by atoms with Crippen molar-refractivity contribution >= 4 is 11.7 Å². The first-order valence-corrected chi connectivity index (χ1v) is 6.66. The molecule has 2 aromatic heterocycles. The van der Waals surface area contributed by atoms with Crippen LogP contribution < -0.4 is 10.2 Å². The summed E-state index contributed by atoms with van der Waals surface area (Å²) in [7, 11) is 1.96. The van der Waals surface area contributed by atoms with Gasteiger partial charge in [-0.1, -0.05) is 6.08 Å². The van der Waals surface area contributed by atoms with Crippen LogP contribution in [0.2, 0.25) is 0 Å². The van der Waals surface area contributed by atoms with Gasteiger partial charge in [-0.2, -0.15) is 0 Å². The van der Waals surface area contributed by atoms with Crippen molar-refractivity contribution in [2.75, 3.05) is 18.5 Å². The first kappa shape index (κ1) is 14.7. The van der Waals surface area contributed by atoms with Crippen molar-refractivity contribution in [3.05, 3.63) is 66.6 Å². The van der Waals surface area contributed by atoms with Gasteiger partial charge in [0.05, 0.1) is 5.56 Å². The quantitative estimate of drug-likeness (QED) is 0.824. The van der Waals surface area contributed by atoms with E-state index in [-0.39, 0.29) is 5.91 Å². The number of carbonyl (C=O) groups excluding carboxylic acids is 1. The molecule has 1 N–H and O–H groups in total. The van der Waals surface area contributed by atoms with E-state index >= 15 is 0 Å². The zero-order chi connectivity index (χ0) is 15.1. The number of aromatic nitrogens is 2. The van der Waals surface area contributed by atoms with Crippen LogP contribution in [-0.2, 0) is 6.54 Å². The second-order valence-electron chi connectivity index (χ2n) is 4.62. The van der Waals surface area contributed by atoms with E-state index < -0.39 is 0 Å². The van der Waals surface area contributed by atoms with Crippen LogP contribution in [0.15, 0.2) is 55.5 Å². The number of carbonyl (C=O) groups is 1. The molecule has 2 rings (SSSR count). The summed E-state index contributed by atoms with van der Waals surface area (Å²) >= 11 is 0. The minimum absolute atomic E-state index is 0.147. The molecule has 0 aliphatic carbocycles. The van der Waals surface area contributed by atoms with E-state index in [4.69, 9.17) is 0 Å². The van der Waals surface area contributed by atoms with E-state index in [2.05, 4.69) is 21.9 Å². The zero-order valence-electron chi connectivity index (χ0n) is 12.0. The van der Waals surface area contributed by atoms with Crippen LogP contribution >= 0.6 is 0 Å². The molecule has 5 heteroatoms. The lowest BCUT2D eigenvalue weighted by Gasteiger charge is -2.18. The molecule has 0 spiro atoms. The monoisotopic (exact) mass is 282 g/mol. The Morgan fingerprint density at radius 1 is 1.33 bits per heavy atom. The van der Waals surface area contributed by atoms with Crippen molar-refractivity contribution < 1.29 is 4.79 Å². The fourth-order valence-electron chi connectivity index (χ4n) is 1.86. The molecule has 0 atom stereocenters. The van der Waals surface area contributed by atoms with Crippen molar-refractivity contribution in [1.29, 1.82) is 0 Å². The first-order valence-electron chi connectivity index (χ1n) is 6.66. The van der Waals surface area contributed by atoms with Crippen LogP contribution in [0.5, 0.6) is 0 Å². The molecule has 1 amide bonds. The highest BCUT2D eigenvalue weighted by Gasteiger charge is 2.07. The SMILES string of the molecule is C=CCNC(=O)c1ccc(N(C)Cc2ccncc2)nc1. The summed E-state index contributed by atoms with van der Waals surface area (Å²) in [6, 6.07) is 7.54. The van der Waals surface area contributed by atoms with Gasteiger partial charge in [-0.3, -0.25) is 9.78 Å². The lowest BCUT2D eigenvalue weighted by Crippen LogP contribution is -2.23. The van der Waals surface area contributed by atoms with Gasteiger partial charge in [0.1, 0.15) is 5.82 Å². The molecule has 0 aliphatic rings. The maximum Gasteiger partial charge on any atom is 0.253 e. The summed E-state index contributed by atoms with van der Waals surface area (Å²) in [5.41, 5.74) is 1.69. The van der Waals surface area contributed by atoms with Crippen LogP contribution in [0.4, 0.5) is 5.82 Å². The molecule has 108 valence electrons. The second kappa shape index (κ2) is 7.19. The van der Waals surface area contributed by atoms with E-state index in [9.17, 15) is 4.79 Å². The summed E-state index contributed by atoms with van der Waals surface area (Å²) in [5.74, 6) is 0.665. The van der Waals surface area contributed by atoms with E-state index in [0.717, 1.165) is 17.9 Å². The standard InChI is InChI=1S/C16H18N4O/c1-3-8-18-16(21)14-4-5-15(19-11-14)20(2)12-13-6-9-17-10-7-13/h3-7,9-11H,1,8,12H2,2H3,(H,18,21). The van der Waals surface area contributed by atoms with Gasteiger partial charge in [-0.05, 0) is 29.8 Å². The Hall–Kier alpha value is -2.69. The fourth-order valence-corrected chi connectivity index (χ4v) is 1.86. The third-order valence-electron chi connectivity index (χ3n) is 2.98. The predicted octanol–water partition coefficient (Wildman–Crippen LogP) is 2.03. The number of nitrogens with one attached hydrogen (secondary N) is 1. The highest BCUT2D eigenvalue weighted by molar-refractivity contribution is 5.94. The fraction of sp³-hybridized carbons (Fsp3) is 0.188. The molecule has 0 fully saturated rings. The molecule has 5 nitrogen and oxygen atoms in total. The van der Waals surface area contributed by atoms with E-state index in [1.807, 2.05) is 30.1 Å². The molecular formula is C16H18N4O. The number of nitrogens with zero attached hydrogens (tertiary/aromatic N) is 3. The Labute approximate surface area is 124 Å². The maximum atomic E-state index is 11.8. The Kier molecular flexibility index (Phi) is 5.04. The summed E-state index contributed by atoms with van der Waals surface area (Å²) in [5, 5.41) is 2.72. The summed E-state index contributed by atoms with van der Waals surface area (Å²) < 4.78 is 0. The minimum atomic E-state index is -0.147. The Balaban J connectivity index is 2.01. The van der Waals surface area contributed by atoms with Crippen molar-refractivity contribution in [2.45, 2.75) is 6.54 Å². The lowest BCUT2D eigenvalue weighted by atomic mass is 10.2. The van der Waals surface area contributed by atoms with Gasteiger partial charge >= 0.3 is 0 Å². The van der Waals surface area contributed by atoms with Gasteiger partial charge in [0.15, 0.2) is 0 Å². The van der Waals surface area contributed by atoms with Gasteiger partial charge in [-0.25, -0.2) is 4.98 Å². The molecule has 0 bridgehead atoms. The number of amides is 1. The molecule has 0 unspecified atom stereocenters. The van der Waals surface area contributed by atoms with Gasteiger partial charge < -0.3 is 10.2 Å². The molecule has 0 aliphatic heterocycles. The first-order chi connectivity index (χ1) is 10.2. The van der Waals surface area contributed by atoms with Crippen molar-refractivity contribution in [1.82, 2.24) is 15.3 Å². The summed E-state index contributed by atoms with van der Waals surface area (Å²) in [4.78, 5) is 22.1. The number of pyridine rings is 2. The number of hydrogen-bond acceptors (Lipinski definition) is 4. The normalized spacial score (nSPS) is 9.95. The number of anilines is 1. The largest absolute Gasteiger partial charge is 0.355 e. The summed E-state index contributed by atoms with van der Waals surface area (Å²) in [6.07, 6.45) is 6.76. The molecule has 0 aromatic carbocycles. The van der Waals surface area contributed by atoms with Crippen LogP contribution in [0.25, 0.3) is 0 Å². The molecule has 0 saturated heterocycles. The maximum absolute atomic E-state index is 11.8. The summed E-state index contributed by atoms with van der Waals surface area (Å²) in [6.45, 7) is 4.74. The molecule has 2 aromatic rings.